The molecule has 0 aliphatic carbocycles. The van der Waals surface area contributed by atoms with Crippen LogP contribution in [0.2, 0.25) is 0 Å². The van der Waals surface area contributed by atoms with Crippen LogP contribution in [0.3, 0.4) is 0 Å². The summed E-state index contributed by atoms with van der Waals surface area (Å²) in [6.07, 6.45) is -6.64. The number of alkyl halides is 2. The summed E-state index contributed by atoms with van der Waals surface area (Å²) in [7, 11) is -4.60. The lowest BCUT2D eigenvalue weighted by Gasteiger charge is -2.36. The van der Waals surface area contributed by atoms with Crippen molar-refractivity contribution in [3.63, 3.8) is 0 Å². The number of aromatic amines is 1. The van der Waals surface area contributed by atoms with Crippen molar-refractivity contribution in [2.24, 2.45) is 0 Å². The lowest BCUT2D eigenvalue weighted by molar-refractivity contribution is -0.149. The van der Waals surface area contributed by atoms with Crippen LogP contribution in [-0.4, -0.2) is 62.9 Å². The number of halogens is 3. The standard InChI is InChI=1S/C24H31F3N3O9P/c1-13(2)36-20(33)14(3)29-40(35,38-15-9-7-6-8-10-15)39-23(4,5)18-17(31)24(27,12-25)21(37-18)30-11-16(26)19(32)28-22(30)34/h6-11,13-14,17-18,21,31H,12H2,1-5H3,(H,29,35)(H,28,32,34)/t14-,17?,18-,21+,24+,40+/m0/s1. The van der Waals surface area contributed by atoms with Crippen molar-refractivity contribution < 1.29 is 46.2 Å². The summed E-state index contributed by atoms with van der Waals surface area (Å²) >= 11 is 0. The number of H-pyrrole nitrogens is 1. The normalized spacial score (nSPS) is 25.4. The minimum atomic E-state index is -4.60. The van der Waals surface area contributed by atoms with E-state index in [1.807, 2.05) is 0 Å². The number of ether oxygens (including phenoxy) is 2. The molecule has 0 bridgehead atoms. The second-order valence-electron chi connectivity index (χ2n) is 9.99. The molecule has 0 amide bonds. The predicted molar refractivity (Wildman–Crippen MR) is 135 cm³/mol. The highest BCUT2D eigenvalue weighted by atomic mass is 31.2. The number of carbonyl (C=O) groups excluding carboxylic acids is 1. The van der Waals surface area contributed by atoms with Crippen molar-refractivity contribution in [2.45, 2.75) is 76.5 Å². The second-order valence-corrected chi connectivity index (χ2v) is 11.6. The molecule has 1 unspecified atom stereocenters. The zero-order chi connectivity index (χ0) is 30.0. The zero-order valence-corrected chi connectivity index (χ0v) is 23.2. The summed E-state index contributed by atoms with van der Waals surface area (Å²) in [5, 5.41) is 13.2. The van der Waals surface area contributed by atoms with Crippen LogP contribution in [0, 0.1) is 5.82 Å². The maximum Gasteiger partial charge on any atom is 0.460 e. The average Bonchev–Trinajstić information content (AvgIpc) is 3.12. The highest BCUT2D eigenvalue weighted by Crippen LogP contribution is 2.53. The maximum absolute atomic E-state index is 15.8. The van der Waals surface area contributed by atoms with Gasteiger partial charge in [-0.3, -0.25) is 23.7 Å². The van der Waals surface area contributed by atoms with Crippen molar-refractivity contribution in [1.29, 1.82) is 0 Å². The Bertz CT molecular complexity index is 1370. The fourth-order valence-electron chi connectivity index (χ4n) is 4.02. The molecule has 2 aromatic rings. The van der Waals surface area contributed by atoms with Crippen molar-refractivity contribution in [3.8, 4) is 5.75 Å². The molecular formula is C24H31F3N3O9P. The Kier molecular flexibility index (Phi) is 9.36. The first-order valence-corrected chi connectivity index (χ1v) is 13.7. The van der Waals surface area contributed by atoms with Gasteiger partial charge in [-0.05, 0) is 46.8 Å². The van der Waals surface area contributed by atoms with Gasteiger partial charge in [-0.2, -0.15) is 9.48 Å². The van der Waals surface area contributed by atoms with E-state index in [1.165, 1.54) is 32.9 Å². The molecule has 1 aliphatic rings. The minimum absolute atomic E-state index is 0.0446. The molecule has 0 saturated carbocycles. The number of hydrogen-bond acceptors (Lipinski definition) is 9. The van der Waals surface area contributed by atoms with Crippen molar-refractivity contribution >= 4 is 13.7 Å². The first-order chi connectivity index (χ1) is 18.5. The SMILES string of the molecule is CC(C)OC(=O)[C@H](C)N[P@@](=O)(Oc1ccccc1)OC(C)(C)[C@H]1O[C@@H](n2cc(F)c(=O)[nH]c2=O)[C@@](F)(CF)C1O. The fraction of sp³-hybridized carbons (Fsp3) is 0.542. The van der Waals surface area contributed by atoms with Crippen molar-refractivity contribution in [3.05, 3.63) is 63.2 Å². The molecule has 1 aromatic carbocycles. The van der Waals surface area contributed by atoms with Gasteiger partial charge in [0.25, 0.3) is 5.56 Å². The molecule has 40 heavy (non-hydrogen) atoms. The Morgan fingerprint density at radius 1 is 1.27 bits per heavy atom. The summed E-state index contributed by atoms with van der Waals surface area (Å²) in [5.41, 5.74) is -8.05. The Labute approximate surface area is 227 Å². The smallest absolute Gasteiger partial charge is 0.460 e. The first kappa shape index (κ1) is 31.6. The number of aliphatic hydroxyl groups excluding tert-OH is 1. The number of aromatic nitrogens is 2. The molecule has 1 saturated heterocycles. The molecule has 12 nitrogen and oxygen atoms in total. The average molecular weight is 593 g/mol. The van der Waals surface area contributed by atoms with Gasteiger partial charge in [-0.15, -0.1) is 0 Å². The van der Waals surface area contributed by atoms with Crippen LogP contribution in [0.25, 0.3) is 0 Å². The van der Waals surface area contributed by atoms with Crippen LogP contribution >= 0.6 is 7.75 Å². The largest absolute Gasteiger partial charge is 0.462 e. The highest BCUT2D eigenvalue weighted by molar-refractivity contribution is 7.52. The quantitative estimate of drug-likeness (QED) is 0.261. The molecule has 1 fully saturated rings. The Morgan fingerprint density at radius 2 is 1.90 bits per heavy atom. The van der Waals surface area contributed by atoms with Crippen LogP contribution in [0.15, 0.2) is 46.1 Å². The molecule has 3 N–H and O–H groups in total. The summed E-state index contributed by atoms with van der Waals surface area (Å²) in [5.74, 6) is -2.25. The maximum atomic E-state index is 15.8. The van der Waals surface area contributed by atoms with Crippen LogP contribution in [-0.2, 0) is 23.4 Å². The van der Waals surface area contributed by atoms with Crippen molar-refractivity contribution in [2.75, 3.05) is 6.67 Å². The van der Waals surface area contributed by atoms with Crippen LogP contribution < -0.4 is 20.9 Å². The number of aliphatic hydroxyl groups is 1. The predicted octanol–water partition coefficient (Wildman–Crippen LogP) is 2.52. The lowest BCUT2D eigenvalue weighted by atomic mass is 9.89. The molecule has 222 valence electrons. The Balaban J connectivity index is 1.98. The van der Waals surface area contributed by atoms with E-state index < -0.39 is 79.3 Å². The third-order valence-corrected chi connectivity index (χ3v) is 7.78. The van der Waals surface area contributed by atoms with E-state index >= 15 is 4.39 Å². The number of carbonyl (C=O) groups is 1. The van der Waals surface area contributed by atoms with Crippen LogP contribution in [0.1, 0.15) is 40.8 Å². The minimum Gasteiger partial charge on any atom is -0.462 e. The first-order valence-electron chi connectivity index (χ1n) is 12.2. The Hall–Kier alpha value is -2.97. The van der Waals surface area contributed by atoms with E-state index in [0.29, 0.717) is 6.20 Å². The molecule has 1 aliphatic heterocycles. The second kappa shape index (κ2) is 11.9. The molecule has 3 rings (SSSR count). The van der Waals surface area contributed by atoms with E-state index in [0.717, 1.165) is 0 Å². The number of nitrogens with one attached hydrogen (secondary N) is 2. The molecule has 6 atom stereocenters. The third-order valence-electron chi connectivity index (χ3n) is 5.91. The lowest BCUT2D eigenvalue weighted by Crippen LogP contribution is -2.52. The summed E-state index contributed by atoms with van der Waals surface area (Å²) in [6, 6.07) is 6.41. The number of rotatable bonds is 11. The summed E-state index contributed by atoms with van der Waals surface area (Å²) in [6.45, 7) is 5.05. The monoisotopic (exact) mass is 593 g/mol. The van der Waals surface area contributed by atoms with E-state index in [1.54, 1.807) is 37.0 Å². The van der Waals surface area contributed by atoms with E-state index in [9.17, 15) is 32.8 Å². The fourth-order valence-corrected chi connectivity index (χ4v) is 5.87. The van der Waals surface area contributed by atoms with Gasteiger partial charge in [0.05, 0.1) is 12.3 Å². The molecule has 0 spiro atoms. The van der Waals surface area contributed by atoms with Gasteiger partial charge in [-0.25, -0.2) is 18.1 Å². The van der Waals surface area contributed by atoms with E-state index in [4.69, 9.17) is 18.5 Å². The van der Waals surface area contributed by atoms with Crippen molar-refractivity contribution in [1.82, 2.24) is 14.6 Å². The van der Waals surface area contributed by atoms with Crippen LogP contribution in [0.5, 0.6) is 5.75 Å². The molecular weight excluding hydrogens is 562 g/mol. The summed E-state index contributed by atoms with van der Waals surface area (Å²) in [4.78, 5) is 37.7. The summed E-state index contributed by atoms with van der Waals surface area (Å²) < 4.78 is 79.9. The van der Waals surface area contributed by atoms with Gasteiger partial charge in [0.15, 0.2) is 6.23 Å². The van der Waals surface area contributed by atoms with Gasteiger partial charge in [0.2, 0.25) is 11.5 Å². The van der Waals surface area contributed by atoms with Gasteiger partial charge >= 0.3 is 19.4 Å². The number of para-hydroxylation sites is 1. The molecule has 0 radical (unpaired) electrons. The highest BCUT2D eigenvalue weighted by Gasteiger charge is 2.63. The van der Waals surface area contributed by atoms with Gasteiger partial charge in [-0.1, -0.05) is 18.2 Å². The number of nitrogens with zero attached hydrogens (tertiary/aromatic N) is 1. The van der Waals surface area contributed by atoms with E-state index in [-0.39, 0.29) is 10.3 Å². The van der Waals surface area contributed by atoms with Gasteiger partial charge in [0.1, 0.15) is 36.3 Å². The Morgan fingerprint density at radius 3 is 2.48 bits per heavy atom. The van der Waals surface area contributed by atoms with Gasteiger partial charge < -0.3 is 19.1 Å². The third kappa shape index (κ3) is 6.66. The molecule has 16 heteroatoms. The topological polar surface area (TPSA) is 158 Å². The number of hydrogen-bond donors (Lipinski definition) is 3. The molecule has 2 heterocycles. The van der Waals surface area contributed by atoms with Gasteiger partial charge in [0, 0.05) is 0 Å². The van der Waals surface area contributed by atoms with Crippen LogP contribution in [0.4, 0.5) is 13.2 Å². The number of benzene rings is 1. The molecule has 1 aromatic heterocycles. The number of esters is 1. The van der Waals surface area contributed by atoms with E-state index in [2.05, 4.69) is 5.09 Å². The zero-order valence-electron chi connectivity index (χ0n) is 22.3.